The van der Waals surface area contributed by atoms with E-state index < -0.39 is 0 Å². The highest BCUT2D eigenvalue weighted by atomic mass is 32.2. The first-order valence-corrected chi connectivity index (χ1v) is 11.9. The lowest BCUT2D eigenvalue weighted by Crippen LogP contribution is -2.12. The van der Waals surface area contributed by atoms with Gasteiger partial charge in [-0.25, -0.2) is 0 Å². The number of benzene rings is 3. The van der Waals surface area contributed by atoms with Crippen molar-refractivity contribution in [2.24, 2.45) is 0 Å². The van der Waals surface area contributed by atoms with E-state index in [1.165, 1.54) is 0 Å². The van der Waals surface area contributed by atoms with E-state index in [2.05, 4.69) is 10.2 Å². The van der Waals surface area contributed by atoms with Crippen LogP contribution < -0.4 is 18.9 Å². The van der Waals surface area contributed by atoms with Crippen molar-refractivity contribution < 1.29 is 18.9 Å². The molecule has 1 atom stereocenters. The van der Waals surface area contributed by atoms with Gasteiger partial charge in [0, 0.05) is 11.4 Å². The number of hydrogen-bond donors (Lipinski definition) is 0. The molecule has 0 radical (unpaired) electrons. The molecule has 0 aliphatic heterocycles. The molecular formula is C26H27N3O4S. The Kier molecular flexibility index (Phi) is 7.93. The van der Waals surface area contributed by atoms with Gasteiger partial charge in [0.05, 0.1) is 20.8 Å². The average Bonchev–Trinajstić information content (AvgIpc) is 3.32. The highest BCUT2D eigenvalue weighted by molar-refractivity contribution is 7.99. The minimum atomic E-state index is -0.353. The minimum Gasteiger partial charge on any atom is -0.497 e. The van der Waals surface area contributed by atoms with Crippen LogP contribution in [0.5, 0.6) is 23.0 Å². The third-order valence-electron chi connectivity index (χ3n) is 5.05. The van der Waals surface area contributed by atoms with E-state index >= 15 is 0 Å². The fraction of sp³-hybridized carbons (Fsp3) is 0.231. The largest absolute Gasteiger partial charge is 0.497 e. The standard InChI is InChI=1S/C26H27N3O4S/c1-19(33-24-12-8-7-11-23(24)31-3)25-27-28-26(29(25)20-9-5-4-6-10-20)34-18-17-32-22-15-13-21(30-2)14-16-22/h4-16,19H,17-18H2,1-3H3. The number of para-hydroxylation sites is 3. The molecule has 0 bridgehead atoms. The molecule has 1 unspecified atom stereocenters. The van der Waals surface area contributed by atoms with Crippen LogP contribution in [0.25, 0.3) is 5.69 Å². The van der Waals surface area contributed by atoms with Crippen molar-refractivity contribution in [3.8, 4) is 28.7 Å². The molecule has 176 valence electrons. The SMILES string of the molecule is COc1ccc(OCCSc2nnc(C(C)Oc3ccccc3OC)n2-c2ccccc2)cc1. The Labute approximate surface area is 203 Å². The second kappa shape index (κ2) is 11.5. The third-order valence-corrected chi connectivity index (χ3v) is 5.95. The molecular weight excluding hydrogens is 450 g/mol. The van der Waals surface area contributed by atoms with Crippen molar-refractivity contribution in [1.82, 2.24) is 14.8 Å². The van der Waals surface area contributed by atoms with Gasteiger partial charge in [0.15, 0.2) is 28.6 Å². The lowest BCUT2D eigenvalue weighted by Gasteiger charge is -2.18. The lowest BCUT2D eigenvalue weighted by molar-refractivity contribution is 0.204. The van der Waals surface area contributed by atoms with Gasteiger partial charge in [0.1, 0.15) is 11.5 Å². The Balaban J connectivity index is 1.49. The van der Waals surface area contributed by atoms with E-state index in [4.69, 9.17) is 18.9 Å². The Bertz CT molecular complexity index is 1180. The molecule has 0 aliphatic rings. The summed E-state index contributed by atoms with van der Waals surface area (Å²) in [4.78, 5) is 0. The van der Waals surface area contributed by atoms with Crippen LogP contribution in [0.3, 0.4) is 0 Å². The molecule has 0 spiro atoms. The summed E-state index contributed by atoms with van der Waals surface area (Å²) in [6.07, 6.45) is -0.353. The van der Waals surface area contributed by atoms with E-state index in [-0.39, 0.29) is 6.10 Å². The molecule has 0 saturated heterocycles. The normalized spacial score (nSPS) is 11.6. The van der Waals surface area contributed by atoms with Crippen LogP contribution in [0.4, 0.5) is 0 Å². The first-order chi connectivity index (χ1) is 16.7. The van der Waals surface area contributed by atoms with Crippen molar-refractivity contribution in [2.45, 2.75) is 18.2 Å². The molecule has 4 aromatic rings. The summed E-state index contributed by atoms with van der Waals surface area (Å²) in [6.45, 7) is 2.48. The van der Waals surface area contributed by atoms with Crippen LogP contribution in [0.2, 0.25) is 0 Å². The lowest BCUT2D eigenvalue weighted by atomic mass is 10.3. The maximum atomic E-state index is 6.21. The zero-order valence-electron chi connectivity index (χ0n) is 19.4. The van der Waals surface area contributed by atoms with Gasteiger partial charge in [-0.1, -0.05) is 42.1 Å². The molecule has 34 heavy (non-hydrogen) atoms. The molecule has 4 rings (SSSR count). The first-order valence-electron chi connectivity index (χ1n) is 10.9. The smallest absolute Gasteiger partial charge is 0.196 e. The van der Waals surface area contributed by atoms with Crippen LogP contribution in [0.1, 0.15) is 18.9 Å². The molecule has 0 amide bonds. The van der Waals surface area contributed by atoms with Crippen molar-refractivity contribution >= 4 is 11.8 Å². The van der Waals surface area contributed by atoms with Crippen LogP contribution in [0, 0.1) is 0 Å². The number of aromatic nitrogens is 3. The number of thioether (sulfide) groups is 1. The summed E-state index contributed by atoms with van der Waals surface area (Å²) in [5.74, 6) is 4.34. The topological polar surface area (TPSA) is 67.6 Å². The molecule has 0 N–H and O–H groups in total. The maximum absolute atomic E-state index is 6.21. The Hall–Kier alpha value is -3.65. The highest BCUT2D eigenvalue weighted by Gasteiger charge is 2.22. The second-order valence-corrected chi connectivity index (χ2v) is 8.36. The molecule has 0 saturated carbocycles. The van der Waals surface area contributed by atoms with Gasteiger partial charge in [0.2, 0.25) is 0 Å². The van der Waals surface area contributed by atoms with E-state index in [9.17, 15) is 0 Å². The third kappa shape index (κ3) is 5.63. The van der Waals surface area contributed by atoms with Crippen LogP contribution in [0.15, 0.2) is 84.0 Å². The number of hydrogen-bond acceptors (Lipinski definition) is 7. The summed E-state index contributed by atoms with van der Waals surface area (Å²) in [5.41, 5.74) is 0.969. The number of rotatable bonds is 11. The summed E-state index contributed by atoms with van der Waals surface area (Å²) in [7, 11) is 3.27. The summed E-state index contributed by atoms with van der Waals surface area (Å²) < 4.78 is 24.7. The second-order valence-electron chi connectivity index (χ2n) is 7.30. The van der Waals surface area contributed by atoms with Gasteiger partial charge >= 0.3 is 0 Å². The van der Waals surface area contributed by atoms with E-state index in [1.54, 1.807) is 26.0 Å². The van der Waals surface area contributed by atoms with Gasteiger partial charge in [-0.05, 0) is 55.5 Å². The summed E-state index contributed by atoms with van der Waals surface area (Å²) in [5, 5.41) is 9.70. The van der Waals surface area contributed by atoms with Crippen LogP contribution in [-0.4, -0.2) is 41.3 Å². The Morgan fingerprint density at radius 1 is 0.794 bits per heavy atom. The highest BCUT2D eigenvalue weighted by Crippen LogP contribution is 2.32. The molecule has 8 heteroatoms. The van der Waals surface area contributed by atoms with Crippen molar-refractivity contribution in [3.63, 3.8) is 0 Å². The number of nitrogens with zero attached hydrogens (tertiary/aromatic N) is 3. The Morgan fingerprint density at radius 2 is 1.47 bits per heavy atom. The molecule has 3 aromatic carbocycles. The maximum Gasteiger partial charge on any atom is 0.196 e. The summed E-state index contributed by atoms with van der Waals surface area (Å²) >= 11 is 1.58. The quantitative estimate of drug-likeness (QED) is 0.206. The van der Waals surface area contributed by atoms with Gasteiger partial charge in [-0.15, -0.1) is 10.2 Å². The predicted octanol–water partition coefficient (Wildman–Crippen LogP) is 5.60. The minimum absolute atomic E-state index is 0.353. The molecule has 7 nitrogen and oxygen atoms in total. The van der Waals surface area contributed by atoms with Crippen molar-refractivity contribution in [2.75, 3.05) is 26.6 Å². The van der Waals surface area contributed by atoms with Crippen molar-refractivity contribution in [1.29, 1.82) is 0 Å². The fourth-order valence-corrected chi connectivity index (χ4v) is 4.16. The van der Waals surface area contributed by atoms with Gasteiger partial charge < -0.3 is 18.9 Å². The van der Waals surface area contributed by atoms with E-state index in [0.717, 1.165) is 22.3 Å². The fourth-order valence-electron chi connectivity index (χ4n) is 3.38. The molecule has 1 heterocycles. The first kappa shape index (κ1) is 23.5. The van der Waals surface area contributed by atoms with Gasteiger partial charge in [-0.3, -0.25) is 4.57 Å². The van der Waals surface area contributed by atoms with E-state index in [1.807, 2.05) is 90.4 Å². The van der Waals surface area contributed by atoms with Gasteiger partial charge in [-0.2, -0.15) is 0 Å². The molecule has 0 aliphatic carbocycles. The van der Waals surface area contributed by atoms with Crippen molar-refractivity contribution in [3.05, 3.63) is 84.7 Å². The van der Waals surface area contributed by atoms with Crippen LogP contribution in [-0.2, 0) is 0 Å². The van der Waals surface area contributed by atoms with Crippen LogP contribution >= 0.6 is 11.8 Å². The zero-order chi connectivity index (χ0) is 23.8. The Morgan fingerprint density at radius 3 is 2.18 bits per heavy atom. The van der Waals surface area contributed by atoms with Gasteiger partial charge in [0.25, 0.3) is 0 Å². The number of methoxy groups -OCH3 is 2. The summed E-state index contributed by atoms with van der Waals surface area (Å²) in [6, 6.07) is 25.1. The monoisotopic (exact) mass is 477 g/mol. The molecule has 1 aromatic heterocycles. The van der Waals surface area contributed by atoms with E-state index in [0.29, 0.717) is 29.7 Å². The number of ether oxygens (including phenoxy) is 4. The average molecular weight is 478 g/mol. The predicted molar refractivity (Wildman–Crippen MR) is 133 cm³/mol. The molecule has 0 fully saturated rings. The zero-order valence-corrected chi connectivity index (χ0v) is 20.2.